The Morgan fingerprint density at radius 3 is 2.64 bits per heavy atom. The van der Waals surface area contributed by atoms with Crippen molar-refractivity contribution in [2.75, 3.05) is 5.32 Å². The molecule has 0 aliphatic rings. The Balaban J connectivity index is 1.89. The first-order valence-corrected chi connectivity index (χ1v) is 9.99. The first-order chi connectivity index (χ1) is 13.4. The van der Waals surface area contributed by atoms with Crippen LogP contribution < -0.4 is 5.32 Å². The summed E-state index contributed by atoms with van der Waals surface area (Å²) in [7, 11) is 0. The summed E-state index contributed by atoms with van der Waals surface area (Å²) in [5, 5.41) is 10.6. The second kappa shape index (κ2) is 7.16. The molecule has 0 atom stereocenters. The highest BCUT2D eigenvalue weighted by molar-refractivity contribution is 7.13. The number of anilines is 1. The molecule has 28 heavy (non-hydrogen) atoms. The summed E-state index contributed by atoms with van der Waals surface area (Å²) in [6.07, 6.45) is 1.71. The molecule has 1 aromatic carbocycles. The van der Waals surface area contributed by atoms with Crippen LogP contribution in [0, 0.1) is 13.8 Å². The van der Waals surface area contributed by atoms with Crippen LogP contribution in [0.1, 0.15) is 41.5 Å². The molecule has 0 saturated carbocycles. The molecule has 1 amide bonds. The molecule has 3 heterocycles. The summed E-state index contributed by atoms with van der Waals surface area (Å²) in [4.78, 5) is 22.3. The summed E-state index contributed by atoms with van der Waals surface area (Å²) >= 11 is 1.41. The van der Waals surface area contributed by atoms with E-state index in [9.17, 15) is 4.79 Å². The zero-order valence-electron chi connectivity index (χ0n) is 16.2. The molecule has 4 aromatic rings. The Morgan fingerprint density at radius 1 is 1.18 bits per heavy atom. The molecule has 3 aromatic heterocycles. The van der Waals surface area contributed by atoms with Gasteiger partial charge in [-0.1, -0.05) is 24.3 Å². The van der Waals surface area contributed by atoms with Crippen molar-refractivity contribution in [3.05, 3.63) is 58.7 Å². The van der Waals surface area contributed by atoms with Gasteiger partial charge in [0.05, 0.1) is 28.5 Å². The monoisotopic (exact) mass is 391 g/mol. The summed E-state index contributed by atoms with van der Waals surface area (Å²) in [5.74, 6) is -0.208. The van der Waals surface area contributed by atoms with Crippen molar-refractivity contribution in [2.45, 2.75) is 33.7 Å². The Kier molecular flexibility index (Phi) is 4.68. The van der Waals surface area contributed by atoms with Gasteiger partial charge >= 0.3 is 0 Å². The third-order valence-corrected chi connectivity index (χ3v) is 5.44. The topological polar surface area (TPSA) is 72.7 Å². The standard InChI is InChI=1S/C21H21N5OS/c1-12(2)26-19-17(10-22-26)16(20(27)25-21-23-14(4)11-28-21)9-18(24-19)15-8-6-5-7-13(15)3/h5-12H,1-4H3,(H,23,25,27). The number of aromatic nitrogens is 4. The van der Waals surface area contributed by atoms with Gasteiger partial charge in [-0.05, 0) is 39.3 Å². The van der Waals surface area contributed by atoms with Crippen molar-refractivity contribution in [1.29, 1.82) is 0 Å². The number of nitrogens with one attached hydrogen (secondary N) is 1. The smallest absolute Gasteiger partial charge is 0.258 e. The average molecular weight is 392 g/mol. The number of rotatable bonds is 4. The molecule has 0 bridgehead atoms. The maximum absolute atomic E-state index is 13.1. The summed E-state index contributed by atoms with van der Waals surface area (Å²) in [5.41, 5.74) is 4.99. The van der Waals surface area contributed by atoms with E-state index < -0.39 is 0 Å². The van der Waals surface area contributed by atoms with Crippen molar-refractivity contribution < 1.29 is 4.79 Å². The van der Waals surface area contributed by atoms with E-state index in [0.717, 1.165) is 27.9 Å². The van der Waals surface area contributed by atoms with Crippen LogP contribution in [0.4, 0.5) is 5.13 Å². The van der Waals surface area contributed by atoms with Gasteiger partial charge in [0.2, 0.25) is 0 Å². The molecular formula is C21H21N5OS. The van der Waals surface area contributed by atoms with Gasteiger partial charge in [-0.3, -0.25) is 10.1 Å². The van der Waals surface area contributed by atoms with Crippen LogP contribution in [0.5, 0.6) is 0 Å². The number of nitrogens with zero attached hydrogens (tertiary/aromatic N) is 4. The third-order valence-electron chi connectivity index (χ3n) is 4.56. The third kappa shape index (κ3) is 3.29. The predicted octanol–water partition coefficient (Wildman–Crippen LogP) is 5.00. The first-order valence-electron chi connectivity index (χ1n) is 9.12. The minimum Gasteiger partial charge on any atom is -0.298 e. The quantitative estimate of drug-likeness (QED) is 0.531. The number of hydrogen-bond acceptors (Lipinski definition) is 5. The largest absolute Gasteiger partial charge is 0.298 e. The summed E-state index contributed by atoms with van der Waals surface area (Å²) in [6, 6.07) is 10.0. The van der Waals surface area contributed by atoms with Gasteiger partial charge in [-0.25, -0.2) is 14.6 Å². The highest BCUT2D eigenvalue weighted by Gasteiger charge is 2.19. The molecule has 7 heteroatoms. The van der Waals surface area contributed by atoms with E-state index in [1.807, 2.05) is 68.1 Å². The molecule has 0 saturated heterocycles. The Bertz CT molecular complexity index is 1170. The lowest BCUT2D eigenvalue weighted by atomic mass is 10.0. The molecule has 6 nitrogen and oxygen atoms in total. The number of hydrogen-bond donors (Lipinski definition) is 1. The number of benzene rings is 1. The van der Waals surface area contributed by atoms with Gasteiger partial charge in [0.25, 0.3) is 5.91 Å². The Morgan fingerprint density at radius 2 is 1.96 bits per heavy atom. The predicted molar refractivity (Wildman–Crippen MR) is 113 cm³/mol. The van der Waals surface area contributed by atoms with E-state index in [1.165, 1.54) is 11.3 Å². The van der Waals surface area contributed by atoms with Crippen LogP contribution in [0.2, 0.25) is 0 Å². The number of thiazole rings is 1. The molecule has 0 radical (unpaired) electrons. The van der Waals surface area contributed by atoms with Crippen LogP contribution in [-0.2, 0) is 0 Å². The van der Waals surface area contributed by atoms with Gasteiger partial charge in [-0.15, -0.1) is 11.3 Å². The SMILES string of the molecule is Cc1csc(NC(=O)c2cc(-c3ccccc3C)nc3c2cnn3C(C)C)n1. The highest BCUT2D eigenvalue weighted by Crippen LogP contribution is 2.29. The van der Waals surface area contributed by atoms with Crippen LogP contribution >= 0.6 is 11.3 Å². The first kappa shape index (κ1) is 18.3. The van der Waals surface area contributed by atoms with Crippen molar-refractivity contribution in [2.24, 2.45) is 0 Å². The minimum atomic E-state index is -0.208. The van der Waals surface area contributed by atoms with E-state index in [1.54, 1.807) is 6.20 Å². The zero-order valence-corrected chi connectivity index (χ0v) is 17.0. The van der Waals surface area contributed by atoms with Gasteiger partial charge in [-0.2, -0.15) is 5.10 Å². The lowest BCUT2D eigenvalue weighted by Crippen LogP contribution is -2.13. The molecule has 0 aliphatic carbocycles. The number of amides is 1. The fraction of sp³-hybridized carbons (Fsp3) is 0.238. The van der Waals surface area contributed by atoms with E-state index in [0.29, 0.717) is 16.3 Å². The summed E-state index contributed by atoms with van der Waals surface area (Å²) in [6.45, 7) is 8.04. The minimum absolute atomic E-state index is 0.134. The molecule has 0 aliphatic heterocycles. The number of pyridine rings is 1. The van der Waals surface area contributed by atoms with Crippen molar-refractivity contribution >= 4 is 33.4 Å². The number of aryl methyl sites for hydroxylation is 2. The van der Waals surface area contributed by atoms with Crippen LogP contribution in [0.25, 0.3) is 22.3 Å². The molecule has 0 unspecified atom stereocenters. The van der Waals surface area contributed by atoms with Gasteiger partial charge in [0, 0.05) is 17.0 Å². The van der Waals surface area contributed by atoms with Crippen molar-refractivity contribution in [3.63, 3.8) is 0 Å². The molecule has 142 valence electrons. The zero-order chi connectivity index (χ0) is 19.8. The molecule has 0 spiro atoms. The Hall–Kier alpha value is -3.06. The maximum atomic E-state index is 13.1. The number of carbonyl (C=O) groups excluding carboxylic acids is 1. The van der Waals surface area contributed by atoms with Crippen molar-refractivity contribution in [3.8, 4) is 11.3 Å². The summed E-state index contributed by atoms with van der Waals surface area (Å²) < 4.78 is 1.85. The fourth-order valence-corrected chi connectivity index (χ4v) is 3.84. The van der Waals surface area contributed by atoms with E-state index >= 15 is 0 Å². The van der Waals surface area contributed by atoms with Crippen molar-refractivity contribution in [1.82, 2.24) is 19.7 Å². The highest BCUT2D eigenvalue weighted by atomic mass is 32.1. The van der Waals surface area contributed by atoms with E-state index in [4.69, 9.17) is 4.98 Å². The van der Waals surface area contributed by atoms with E-state index in [2.05, 4.69) is 15.4 Å². The molecular weight excluding hydrogens is 370 g/mol. The Labute approximate surface area is 167 Å². The second-order valence-corrected chi connectivity index (χ2v) is 7.90. The lowest BCUT2D eigenvalue weighted by Gasteiger charge is -2.11. The van der Waals surface area contributed by atoms with Gasteiger partial charge in [0.1, 0.15) is 0 Å². The van der Waals surface area contributed by atoms with Crippen LogP contribution in [0.3, 0.4) is 0 Å². The van der Waals surface area contributed by atoms with Gasteiger partial charge < -0.3 is 0 Å². The van der Waals surface area contributed by atoms with E-state index in [-0.39, 0.29) is 11.9 Å². The average Bonchev–Trinajstić information content (AvgIpc) is 3.27. The van der Waals surface area contributed by atoms with Crippen LogP contribution in [0.15, 0.2) is 41.9 Å². The van der Waals surface area contributed by atoms with Gasteiger partial charge in [0.15, 0.2) is 10.8 Å². The van der Waals surface area contributed by atoms with Crippen LogP contribution in [-0.4, -0.2) is 25.7 Å². The maximum Gasteiger partial charge on any atom is 0.258 e. The molecule has 4 rings (SSSR count). The fourth-order valence-electron chi connectivity index (χ4n) is 3.16. The number of fused-ring (bicyclic) bond motifs is 1. The normalized spacial score (nSPS) is 11.3. The number of carbonyl (C=O) groups is 1. The lowest BCUT2D eigenvalue weighted by molar-refractivity contribution is 0.102. The second-order valence-electron chi connectivity index (χ2n) is 7.04. The molecule has 0 fully saturated rings. The molecule has 1 N–H and O–H groups in total.